The number of imidazole rings is 1. The van der Waals surface area contributed by atoms with Crippen LogP contribution in [0.4, 0.5) is 13.2 Å². The van der Waals surface area contributed by atoms with Crippen LogP contribution in [0.15, 0.2) is 24.4 Å². The van der Waals surface area contributed by atoms with Crippen molar-refractivity contribution in [3.8, 4) is 0 Å². The zero-order valence-electron chi connectivity index (χ0n) is 16.1. The largest absolute Gasteiger partial charge is 0.389 e. The molecule has 0 aliphatic heterocycles. The van der Waals surface area contributed by atoms with Gasteiger partial charge in [-0.05, 0) is 24.6 Å². The van der Waals surface area contributed by atoms with Crippen molar-refractivity contribution in [1.29, 1.82) is 0 Å². The summed E-state index contributed by atoms with van der Waals surface area (Å²) in [6, 6.07) is 5.18. The third-order valence-corrected chi connectivity index (χ3v) is 4.19. The molecule has 0 aliphatic rings. The molecule has 0 spiro atoms. The van der Waals surface area contributed by atoms with E-state index < -0.39 is 24.9 Å². The number of nitrogens with zero attached hydrogens (tertiary/aromatic N) is 4. The summed E-state index contributed by atoms with van der Waals surface area (Å²) in [7, 11) is 0. The van der Waals surface area contributed by atoms with Crippen LogP contribution in [0, 0.1) is 0 Å². The Morgan fingerprint density at radius 3 is 2.70 bits per heavy atom. The maximum absolute atomic E-state index is 12.2. The van der Waals surface area contributed by atoms with Crippen molar-refractivity contribution in [3.63, 3.8) is 0 Å². The second-order valence-electron chi connectivity index (χ2n) is 6.53. The molecule has 30 heavy (non-hydrogen) atoms. The van der Waals surface area contributed by atoms with Gasteiger partial charge in [-0.3, -0.25) is 9.59 Å². The second kappa shape index (κ2) is 8.93. The van der Waals surface area contributed by atoms with Crippen molar-refractivity contribution in [2.45, 2.75) is 45.6 Å². The van der Waals surface area contributed by atoms with Crippen LogP contribution in [0.25, 0.3) is 11.0 Å². The van der Waals surface area contributed by atoms with Gasteiger partial charge in [-0.1, -0.05) is 6.07 Å². The molecule has 3 N–H and O–H groups in total. The smallest absolute Gasteiger partial charge is 0.352 e. The predicted octanol–water partition coefficient (Wildman–Crippen LogP) is 2.06. The van der Waals surface area contributed by atoms with Crippen LogP contribution in [-0.2, 0) is 24.4 Å². The highest BCUT2D eigenvalue weighted by molar-refractivity contribution is 5.91. The monoisotopic (exact) mass is 423 g/mol. The Hall–Kier alpha value is -3.44. The molecular formula is C18H20F3N7O2. The van der Waals surface area contributed by atoms with Gasteiger partial charge < -0.3 is 15.6 Å². The van der Waals surface area contributed by atoms with Gasteiger partial charge in [-0.15, -0.1) is 5.10 Å². The summed E-state index contributed by atoms with van der Waals surface area (Å²) in [5.74, 6) is -0.523. The van der Waals surface area contributed by atoms with Crippen molar-refractivity contribution in [2.75, 3.05) is 0 Å². The van der Waals surface area contributed by atoms with Crippen LogP contribution in [0.3, 0.4) is 0 Å². The average Bonchev–Trinajstić information content (AvgIpc) is 3.34. The lowest BCUT2D eigenvalue weighted by Gasteiger charge is -2.07. The summed E-state index contributed by atoms with van der Waals surface area (Å²) >= 11 is 0. The van der Waals surface area contributed by atoms with Gasteiger partial charge in [-0.2, -0.15) is 23.1 Å². The Labute approximate surface area is 169 Å². The Balaban J connectivity index is 1.55. The molecule has 0 aliphatic carbocycles. The topological polar surface area (TPSA) is 118 Å². The number of aromatic amines is 1. The molecule has 2 aromatic heterocycles. The van der Waals surface area contributed by atoms with Crippen molar-refractivity contribution < 1.29 is 22.8 Å². The Morgan fingerprint density at radius 2 is 2.00 bits per heavy atom. The summed E-state index contributed by atoms with van der Waals surface area (Å²) in [6.45, 7) is 2.67. The van der Waals surface area contributed by atoms with Crippen molar-refractivity contribution in [2.24, 2.45) is 0 Å². The molecule has 9 nitrogen and oxygen atoms in total. The first-order valence-corrected chi connectivity index (χ1v) is 9.23. The maximum atomic E-state index is 12.2. The fourth-order valence-corrected chi connectivity index (χ4v) is 2.66. The van der Waals surface area contributed by atoms with E-state index in [9.17, 15) is 22.8 Å². The minimum absolute atomic E-state index is 0.102. The lowest BCUT2D eigenvalue weighted by Crippen LogP contribution is -2.24. The summed E-state index contributed by atoms with van der Waals surface area (Å²) in [5.41, 5.74) is 2.25. The van der Waals surface area contributed by atoms with E-state index in [2.05, 4.69) is 30.8 Å². The lowest BCUT2D eigenvalue weighted by atomic mass is 10.2. The number of hydrogen-bond donors (Lipinski definition) is 3. The van der Waals surface area contributed by atoms with Crippen LogP contribution < -0.4 is 10.6 Å². The first-order chi connectivity index (χ1) is 14.2. The summed E-state index contributed by atoms with van der Waals surface area (Å²) < 4.78 is 36.5. The average molecular weight is 423 g/mol. The number of hydrogen-bond acceptors (Lipinski definition) is 5. The van der Waals surface area contributed by atoms with Crippen molar-refractivity contribution in [3.05, 3.63) is 41.5 Å². The van der Waals surface area contributed by atoms with Crippen LogP contribution in [0.1, 0.15) is 41.6 Å². The molecule has 2 amide bonds. The number of fused-ring (bicyclic) bond motifs is 1. The van der Waals surface area contributed by atoms with Gasteiger partial charge in [-0.25, -0.2) is 4.98 Å². The lowest BCUT2D eigenvalue weighted by molar-refractivity contribution is -0.144. The van der Waals surface area contributed by atoms with Gasteiger partial charge in [0.2, 0.25) is 5.91 Å². The number of H-pyrrole nitrogens is 1. The van der Waals surface area contributed by atoms with Gasteiger partial charge in [0.1, 0.15) is 5.82 Å². The minimum atomic E-state index is -4.36. The normalized spacial score (nSPS) is 11.6. The van der Waals surface area contributed by atoms with E-state index in [0.717, 1.165) is 0 Å². The van der Waals surface area contributed by atoms with E-state index in [4.69, 9.17) is 0 Å². The molecule has 0 fully saturated rings. The van der Waals surface area contributed by atoms with Crippen LogP contribution >= 0.6 is 0 Å². The third kappa shape index (κ3) is 5.78. The van der Waals surface area contributed by atoms with Crippen LogP contribution in [-0.4, -0.2) is 43.0 Å². The number of amides is 2. The first-order valence-electron chi connectivity index (χ1n) is 9.23. The number of halogens is 3. The number of rotatable bonds is 8. The number of carbonyl (C=O) groups is 2. The number of benzene rings is 1. The molecular weight excluding hydrogens is 403 g/mol. The molecule has 0 radical (unpaired) electrons. The molecule has 3 aromatic rings. The van der Waals surface area contributed by atoms with Crippen LogP contribution in [0.5, 0.6) is 0 Å². The van der Waals surface area contributed by atoms with Gasteiger partial charge in [0.25, 0.3) is 5.91 Å². The molecule has 0 saturated carbocycles. The molecule has 160 valence electrons. The number of alkyl halides is 3. The quantitative estimate of drug-likeness (QED) is 0.513. The van der Waals surface area contributed by atoms with Crippen molar-refractivity contribution in [1.82, 2.24) is 35.6 Å². The third-order valence-electron chi connectivity index (χ3n) is 4.19. The molecule has 2 heterocycles. The molecule has 0 unspecified atom stereocenters. The Morgan fingerprint density at radius 1 is 1.20 bits per heavy atom. The summed E-state index contributed by atoms with van der Waals surface area (Å²) in [5, 5.41) is 13.1. The number of aryl methyl sites for hydroxylation is 1. The van der Waals surface area contributed by atoms with Crippen molar-refractivity contribution >= 4 is 22.8 Å². The number of carbonyl (C=O) groups excluding carboxylic acids is 2. The predicted molar refractivity (Wildman–Crippen MR) is 100 cm³/mol. The van der Waals surface area contributed by atoms with Gasteiger partial charge in [0.05, 0.1) is 36.7 Å². The second-order valence-corrected chi connectivity index (χ2v) is 6.53. The number of aromatic nitrogens is 5. The summed E-state index contributed by atoms with van der Waals surface area (Å²) in [6.07, 6.45) is -4.73. The molecule has 1 aromatic carbocycles. The van der Waals surface area contributed by atoms with E-state index in [-0.39, 0.29) is 24.7 Å². The van der Waals surface area contributed by atoms with Gasteiger partial charge in [0.15, 0.2) is 5.69 Å². The zero-order chi connectivity index (χ0) is 21.7. The van der Waals surface area contributed by atoms with E-state index in [1.807, 2.05) is 6.92 Å². The number of nitrogens with one attached hydrogen (secondary N) is 3. The van der Waals surface area contributed by atoms with E-state index in [1.54, 1.807) is 18.2 Å². The molecule has 0 bridgehead atoms. The highest BCUT2D eigenvalue weighted by Crippen LogP contribution is 2.21. The first kappa shape index (κ1) is 21.3. The molecule has 12 heteroatoms. The van der Waals surface area contributed by atoms with E-state index >= 15 is 0 Å². The van der Waals surface area contributed by atoms with Gasteiger partial charge in [0, 0.05) is 13.0 Å². The Bertz CT molecular complexity index is 1040. The SMILES string of the molecule is CCn1ncc(C(=O)NCc2nc3ccc(CNC(=O)CCC(F)(F)F)cc3[nH]2)n1. The Kier molecular flexibility index (Phi) is 6.33. The van der Waals surface area contributed by atoms with E-state index in [1.165, 1.54) is 11.0 Å². The highest BCUT2D eigenvalue weighted by Gasteiger charge is 2.27. The standard InChI is InChI=1S/C18H20F3N7O2/c1-2-28-24-9-14(27-28)17(30)23-10-15-25-12-4-3-11(7-13(12)26-15)8-22-16(29)5-6-18(19,20)21/h3-4,7,9H,2,5-6,8,10H2,1H3,(H,22,29)(H,23,30)(H,25,26). The zero-order valence-corrected chi connectivity index (χ0v) is 16.1. The summed E-state index contributed by atoms with van der Waals surface area (Å²) in [4.78, 5) is 32.5. The molecule has 0 atom stereocenters. The van der Waals surface area contributed by atoms with Gasteiger partial charge >= 0.3 is 6.18 Å². The minimum Gasteiger partial charge on any atom is -0.352 e. The van der Waals surface area contributed by atoms with E-state index in [0.29, 0.717) is 29.0 Å². The fourth-order valence-electron chi connectivity index (χ4n) is 2.66. The fraction of sp³-hybridized carbons (Fsp3) is 0.389. The van der Waals surface area contributed by atoms with Crippen LogP contribution in [0.2, 0.25) is 0 Å². The highest BCUT2D eigenvalue weighted by atomic mass is 19.4. The maximum Gasteiger partial charge on any atom is 0.389 e. The molecule has 3 rings (SSSR count). The molecule has 0 saturated heterocycles.